The number of amides is 1. The average Bonchev–Trinajstić information content (AvgIpc) is 2.70. The summed E-state index contributed by atoms with van der Waals surface area (Å²) in [6.07, 6.45) is 1.50. The zero-order valence-corrected chi connectivity index (χ0v) is 14.1. The van der Waals surface area contributed by atoms with Crippen molar-refractivity contribution in [3.63, 3.8) is 0 Å². The van der Waals surface area contributed by atoms with Gasteiger partial charge in [0.1, 0.15) is 5.69 Å². The zero-order valence-electron chi connectivity index (χ0n) is 14.1. The highest BCUT2D eigenvalue weighted by Crippen LogP contribution is 2.28. The molecule has 9 heteroatoms. The van der Waals surface area contributed by atoms with Crippen molar-refractivity contribution in [1.82, 2.24) is 15.0 Å². The lowest BCUT2D eigenvalue weighted by atomic mass is 10.2. The number of esters is 1. The van der Waals surface area contributed by atoms with Crippen molar-refractivity contribution in [2.45, 2.75) is 0 Å². The van der Waals surface area contributed by atoms with Gasteiger partial charge in [0.15, 0.2) is 11.5 Å². The highest BCUT2D eigenvalue weighted by Gasteiger charge is 2.21. The van der Waals surface area contributed by atoms with E-state index in [1.54, 1.807) is 30.3 Å². The van der Waals surface area contributed by atoms with Crippen molar-refractivity contribution in [1.29, 1.82) is 0 Å². The second-order valence-electron chi connectivity index (χ2n) is 5.31. The Morgan fingerprint density at radius 2 is 1.89 bits per heavy atom. The van der Waals surface area contributed by atoms with Crippen LogP contribution in [-0.2, 0) is 4.74 Å². The summed E-state index contributed by atoms with van der Waals surface area (Å²) in [5.74, 6) is -2.91. The average molecular weight is 366 g/mol. The maximum atomic E-state index is 12.5. The molecular weight excluding hydrogens is 352 g/mol. The Hall–Kier alpha value is -4.01. The summed E-state index contributed by atoms with van der Waals surface area (Å²) in [5.41, 5.74) is 0.389. The lowest BCUT2D eigenvalue weighted by Gasteiger charge is -2.09. The molecule has 2 heterocycles. The van der Waals surface area contributed by atoms with Gasteiger partial charge in [0.2, 0.25) is 5.75 Å². The van der Waals surface area contributed by atoms with Gasteiger partial charge in [-0.25, -0.2) is 9.78 Å². The van der Waals surface area contributed by atoms with Gasteiger partial charge in [-0.2, -0.15) is 4.98 Å². The highest BCUT2D eigenvalue weighted by molar-refractivity contribution is 6.05. The standard InChI is InChI=1S/C18H14N4O5/c1-27-18(26)10-5-4-6-11(9-10)20-16(24)13-14(23)17(25)22-15(21-13)12-7-2-3-8-19-12/h2-9,23H,1H3,(H,20,24)(H,21,22,25). The van der Waals surface area contributed by atoms with E-state index in [0.29, 0.717) is 5.69 Å². The van der Waals surface area contributed by atoms with Gasteiger partial charge in [-0.1, -0.05) is 12.1 Å². The van der Waals surface area contributed by atoms with Crippen LogP contribution in [0.3, 0.4) is 0 Å². The molecule has 0 unspecified atom stereocenters. The van der Waals surface area contributed by atoms with E-state index in [0.717, 1.165) is 0 Å². The molecular formula is C18H14N4O5. The number of hydrogen-bond acceptors (Lipinski definition) is 8. The Morgan fingerprint density at radius 1 is 1.07 bits per heavy atom. The van der Waals surface area contributed by atoms with Crippen LogP contribution >= 0.6 is 0 Å². The van der Waals surface area contributed by atoms with Crippen molar-refractivity contribution < 1.29 is 24.5 Å². The van der Waals surface area contributed by atoms with E-state index < -0.39 is 29.2 Å². The highest BCUT2D eigenvalue weighted by atomic mass is 16.5. The molecule has 136 valence electrons. The van der Waals surface area contributed by atoms with E-state index in [1.165, 1.54) is 25.4 Å². The van der Waals surface area contributed by atoms with Crippen molar-refractivity contribution in [3.8, 4) is 23.1 Å². The Bertz CT molecular complexity index is 1010. The first kappa shape index (κ1) is 17.8. The van der Waals surface area contributed by atoms with Crippen LogP contribution < -0.4 is 5.32 Å². The third-order valence-electron chi connectivity index (χ3n) is 3.52. The van der Waals surface area contributed by atoms with Gasteiger partial charge >= 0.3 is 5.97 Å². The molecule has 3 N–H and O–H groups in total. The predicted molar refractivity (Wildman–Crippen MR) is 94.3 cm³/mol. The first-order valence-electron chi connectivity index (χ1n) is 7.70. The number of rotatable bonds is 4. The van der Waals surface area contributed by atoms with Crippen LogP contribution in [0.2, 0.25) is 0 Å². The molecule has 0 bridgehead atoms. The fourth-order valence-electron chi connectivity index (χ4n) is 2.24. The first-order valence-corrected chi connectivity index (χ1v) is 7.70. The number of aromatic nitrogens is 3. The van der Waals surface area contributed by atoms with Crippen molar-refractivity contribution in [2.24, 2.45) is 0 Å². The molecule has 1 aromatic carbocycles. The van der Waals surface area contributed by atoms with Crippen LogP contribution in [0.1, 0.15) is 20.8 Å². The predicted octanol–water partition coefficient (Wildman–Crippen LogP) is 1.99. The summed E-state index contributed by atoms with van der Waals surface area (Å²) in [6.45, 7) is 0. The molecule has 0 atom stereocenters. The monoisotopic (exact) mass is 366 g/mol. The van der Waals surface area contributed by atoms with E-state index in [9.17, 15) is 19.8 Å². The maximum Gasteiger partial charge on any atom is 0.337 e. The summed E-state index contributed by atoms with van der Waals surface area (Å²) < 4.78 is 4.63. The fraction of sp³-hybridized carbons (Fsp3) is 0.0556. The molecule has 3 aromatic rings. The first-order chi connectivity index (χ1) is 13.0. The lowest BCUT2D eigenvalue weighted by Crippen LogP contribution is -2.15. The molecule has 3 rings (SSSR count). The minimum absolute atomic E-state index is 0.0284. The Labute approximate surface area is 153 Å². The summed E-state index contributed by atoms with van der Waals surface area (Å²) in [4.78, 5) is 35.9. The molecule has 0 saturated heterocycles. The van der Waals surface area contributed by atoms with Crippen LogP contribution in [0.4, 0.5) is 5.69 Å². The SMILES string of the molecule is COC(=O)c1cccc(NC(=O)c2nc(-c3ccccn3)nc(O)c2O)c1. The second-order valence-corrected chi connectivity index (χ2v) is 5.31. The molecule has 0 aliphatic heterocycles. The molecule has 1 amide bonds. The molecule has 0 aliphatic carbocycles. The van der Waals surface area contributed by atoms with Crippen LogP contribution in [0.5, 0.6) is 11.6 Å². The minimum Gasteiger partial charge on any atom is -0.501 e. The van der Waals surface area contributed by atoms with Crippen molar-refractivity contribution >= 4 is 17.6 Å². The third kappa shape index (κ3) is 3.82. The summed E-state index contributed by atoms with van der Waals surface area (Å²) >= 11 is 0. The van der Waals surface area contributed by atoms with E-state index in [2.05, 4.69) is 25.0 Å². The molecule has 0 aliphatic rings. The van der Waals surface area contributed by atoms with Crippen molar-refractivity contribution in [3.05, 3.63) is 59.9 Å². The number of ether oxygens (including phenoxy) is 1. The zero-order chi connectivity index (χ0) is 19.4. The van der Waals surface area contributed by atoms with Gasteiger partial charge in [0.25, 0.3) is 11.8 Å². The number of methoxy groups -OCH3 is 1. The quantitative estimate of drug-likeness (QED) is 0.597. The lowest BCUT2D eigenvalue weighted by molar-refractivity contribution is 0.0600. The number of hydrogen-bond donors (Lipinski definition) is 3. The normalized spacial score (nSPS) is 10.3. The number of carbonyl (C=O) groups is 2. The van der Waals surface area contributed by atoms with E-state index in [4.69, 9.17) is 0 Å². The molecule has 0 fully saturated rings. The van der Waals surface area contributed by atoms with Gasteiger partial charge in [-0.15, -0.1) is 0 Å². The number of nitrogens with zero attached hydrogens (tertiary/aromatic N) is 3. The molecule has 9 nitrogen and oxygen atoms in total. The molecule has 27 heavy (non-hydrogen) atoms. The number of pyridine rings is 1. The summed E-state index contributed by atoms with van der Waals surface area (Å²) in [5, 5.41) is 22.3. The molecule has 0 radical (unpaired) electrons. The Kier molecular flexibility index (Phi) is 4.93. The Balaban J connectivity index is 1.93. The van der Waals surface area contributed by atoms with Crippen LogP contribution in [0, 0.1) is 0 Å². The maximum absolute atomic E-state index is 12.5. The number of aromatic hydroxyl groups is 2. The minimum atomic E-state index is -0.801. The molecule has 0 spiro atoms. The van der Waals surface area contributed by atoms with E-state index in [-0.39, 0.29) is 17.1 Å². The molecule has 0 saturated carbocycles. The van der Waals surface area contributed by atoms with Crippen LogP contribution in [-0.4, -0.2) is 44.2 Å². The van der Waals surface area contributed by atoms with Crippen LogP contribution in [0.25, 0.3) is 11.5 Å². The largest absolute Gasteiger partial charge is 0.501 e. The number of anilines is 1. The Morgan fingerprint density at radius 3 is 2.59 bits per heavy atom. The number of nitrogens with one attached hydrogen (secondary N) is 1. The molecule has 2 aromatic heterocycles. The topological polar surface area (TPSA) is 135 Å². The number of carbonyl (C=O) groups excluding carboxylic acids is 2. The summed E-state index contributed by atoms with van der Waals surface area (Å²) in [7, 11) is 1.24. The second kappa shape index (κ2) is 7.48. The van der Waals surface area contributed by atoms with Gasteiger partial charge in [0, 0.05) is 11.9 Å². The van der Waals surface area contributed by atoms with Gasteiger partial charge in [0.05, 0.1) is 12.7 Å². The van der Waals surface area contributed by atoms with Gasteiger partial charge in [-0.05, 0) is 30.3 Å². The van der Waals surface area contributed by atoms with E-state index >= 15 is 0 Å². The van der Waals surface area contributed by atoms with Gasteiger partial charge < -0.3 is 20.3 Å². The third-order valence-corrected chi connectivity index (χ3v) is 3.52. The van der Waals surface area contributed by atoms with E-state index in [1.807, 2.05) is 0 Å². The van der Waals surface area contributed by atoms with Crippen LogP contribution in [0.15, 0.2) is 48.7 Å². The number of benzene rings is 1. The smallest absolute Gasteiger partial charge is 0.337 e. The fourth-order valence-corrected chi connectivity index (χ4v) is 2.24. The van der Waals surface area contributed by atoms with Crippen molar-refractivity contribution in [2.75, 3.05) is 12.4 Å². The van der Waals surface area contributed by atoms with Gasteiger partial charge in [-0.3, -0.25) is 9.78 Å². The summed E-state index contributed by atoms with van der Waals surface area (Å²) in [6, 6.07) is 11.0.